The van der Waals surface area contributed by atoms with Crippen molar-refractivity contribution in [2.75, 3.05) is 6.61 Å². The van der Waals surface area contributed by atoms with Crippen LogP contribution in [-0.2, 0) is 16.1 Å². The van der Waals surface area contributed by atoms with Crippen molar-refractivity contribution in [3.8, 4) is 11.8 Å². The molecule has 1 aliphatic heterocycles. The van der Waals surface area contributed by atoms with Crippen LogP contribution in [0.2, 0.25) is 0 Å². The number of aliphatic hydroxyl groups is 1. The second-order valence-electron chi connectivity index (χ2n) is 5.15. The summed E-state index contributed by atoms with van der Waals surface area (Å²) >= 11 is 0. The molecule has 1 N–H and O–H groups in total. The van der Waals surface area contributed by atoms with Crippen LogP contribution in [0.25, 0.3) is 0 Å². The zero-order valence-corrected chi connectivity index (χ0v) is 11.7. The highest BCUT2D eigenvalue weighted by molar-refractivity contribution is 5.97. The summed E-state index contributed by atoms with van der Waals surface area (Å²) < 4.78 is 14.0. The van der Waals surface area contributed by atoms with Gasteiger partial charge in [-0.1, -0.05) is 24.8 Å². The maximum absolute atomic E-state index is 14.0. The summed E-state index contributed by atoms with van der Waals surface area (Å²) in [5.74, 6) is 4.04. The summed E-state index contributed by atoms with van der Waals surface area (Å²) in [6.07, 6.45) is 0.626. The molecule has 110 valence electrons. The van der Waals surface area contributed by atoms with Gasteiger partial charge >= 0.3 is 0 Å². The number of halogens is 1. The molecule has 0 aromatic heterocycles. The van der Waals surface area contributed by atoms with Crippen LogP contribution < -0.4 is 0 Å². The number of rotatable bonds is 2. The zero-order chi connectivity index (χ0) is 15.4. The number of aliphatic hydroxyl groups excluding tert-OH is 1. The van der Waals surface area contributed by atoms with E-state index in [0.29, 0.717) is 18.4 Å². The van der Waals surface area contributed by atoms with Crippen LogP contribution in [0.15, 0.2) is 18.2 Å². The molecule has 2 rings (SSSR count). The number of hydrogen-bond donors (Lipinski definition) is 1. The monoisotopic (exact) mass is 289 g/mol. The van der Waals surface area contributed by atoms with E-state index < -0.39 is 5.82 Å². The third-order valence-electron chi connectivity index (χ3n) is 3.34. The van der Waals surface area contributed by atoms with Crippen LogP contribution in [0, 0.1) is 23.6 Å². The highest BCUT2D eigenvalue weighted by atomic mass is 19.1. The van der Waals surface area contributed by atoms with E-state index in [4.69, 9.17) is 5.11 Å². The summed E-state index contributed by atoms with van der Waals surface area (Å²) in [7, 11) is 0. The van der Waals surface area contributed by atoms with Crippen molar-refractivity contribution in [1.29, 1.82) is 0 Å². The molecule has 1 fully saturated rings. The lowest BCUT2D eigenvalue weighted by Gasteiger charge is -2.28. The molecule has 0 atom stereocenters. The maximum atomic E-state index is 14.0. The van der Waals surface area contributed by atoms with Gasteiger partial charge in [-0.2, -0.15) is 0 Å². The Labute approximate surface area is 122 Å². The molecule has 0 radical (unpaired) electrons. The van der Waals surface area contributed by atoms with Gasteiger partial charge in [-0.05, 0) is 18.1 Å². The van der Waals surface area contributed by atoms with Gasteiger partial charge in [0.25, 0.3) is 0 Å². The third-order valence-corrected chi connectivity index (χ3v) is 3.34. The Morgan fingerprint density at radius 2 is 2.00 bits per heavy atom. The number of benzene rings is 1. The Bertz CT molecular complexity index is 612. The Kier molecular flexibility index (Phi) is 4.71. The summed E-state index contributed by atoms with van der Waals surface area (Å²) in [5, 5.41) is 8.60. The normalized spacial score (nSPS) is 15.9. The highest BCUT2D eigenvalue weighted by Crippen LogP contribution is 2.22. The summed E-state index contributed by atoms with van der Waals surface area (Å²) in [6, 6.07) is 4.34. The van der Waals surface area contributed by atoms with Gasteiger partial charge < -0.3 is 5.11 Å². The van der Waals surface area contributed by atoms with Crippen molar-refractivity contribution in [2.24, 2.45) is 5.92 Å². The molecule has 0 unspecified atom stereocenters. The fraction of sp³-hybridized carbons (Fsp3) is 0.375. The summed E-state index contributed by atoms with van der Waals surface area (Å²) in [6.45, 7) is 1.50. The molecule has 1 aromatic rings. The topological polar surface area (TPSA) is 57.6 Å². The van der Waals surface area contributed by atoms with E-state index in [1.54, 1.807) is 6.07 Å². The molecule has 1 aliphatic rings. The first kappa shape index (κ1) is 15.2. The first-order chi connectivity index (χ1) is 10.0. The molecule has 2 amide bonds. The number of hydrogen-bond acceptors (Lipinski definition) is 3. The predicted octanol–water partition coefficient (Wildman–Crippen LogP) is 1.45. The Balaban J connectivity index is 2.16. The maximum Gasteiger partial charge on any atom is 0.229 e. The van der Waals surface area contributed by atoms with Crippen LogP contribution in [0.1, 0.15) is 30.9 Å². The molecule has 21 heavy (non-hydrogen) atoms. The second kappa shape index (κ2) is 6.51. The molecule has 5 heteroatoms. The second-order valence-corrected chi connectivity index (χ2v) is 5.15. The smallest absolute Gasteiger partial charge is 0.229 e. The number of nitrogens with zero attached hydrogens (tertiary/aromatic N) is 1. The highest BCUT2D eigenvalue weighted by Gasteiger charge is 2.30. The largest absolute Gasteiger partial charge is 0.384 e. The summed E-state index contributed by atoms with van der Waals surface area (Å²) in [5.41, 5.74) is 0.719. The third kappa shape index (κ3) is 3.67. The van der Waals surface area contributed by atoms with Gasteiger partial charge in [-0.25, -0.2) is 4.39 Å². The van der Waals surface area contributed by atoms with E-state index in [1.807, 2.05) is 6.92 Å². The van der Waals surface area contributed by atoms with Crippen molar-refractivity contribution in [3.05, 3.63) is 35.1 Å². The van der Waals surface area contributed by atoms with Gasteiger partial charge in [0, 0.05) is 24.0 Å². The Morgan fingerprint density at radius 1 is 1.33 bits per heavy atom. The Hall–Kier alpha value is -2.19. The van der Waals surface area contributed by atoms with E-state index in [-0.39, 0.29) is 36.4 Å². The molecular formula is C16H16FNO3. The molecule has 0 bridgehead atoms. The predicted molar refractivity (Wildman–Crippen MR) is 74.3 cm³/mol. The first-order valence-electron chi connectivity index (χ1n) is 6.72. The van der Waals surface area contributed by atoms with Gasteiger partial charge in [0.05, 0.1) is 6.54 Å². The number of carbonyl (C=O) groups excluding carboxylic acids is 2. The number of likely N-dealkylation sites (tertiary alicyclic amines) is 1. The van der Waals surface area contributed by atoms with Crippen LogP contribution in [-0.4, -0.2) is 28.4 Å². The molecule has 1 heterocycles. The molecule has 0 saturated carbocycles. The number of amides is 2. The Morgan fingerprint density at radius 3 is 2.57 bits per heavy atom. The van der Waals surface area contributed by atoms with Gasteiger partial charge in [-0.3, -0.25) is 14.5 Å². The number of imide groups is 1. The van der Waals surface area contributed by atoms with Crippen molar-refractivity contribution in [3.63, 3.8) is 0 Å². The fourth-order valence-corrected chi connectivity index (χ4v) is 2.27. The van der Waals surface area contributed by atoms with Crippen molar-refractivity contribution < 1.29 is 19.1 Å². The van der Waals surface area contributed by atoms with E-state index in [1.165, 1.54) is 12.1 Å². The van der Waals surface area contributed by atoms with Gasteiger partial charge in [0.1, 0.15) is 12.4 Å². The van der Waals surface area contributed by atoms with Gasteiger partial charge in [0.15, 0.2) is 0 Å². The molecule has 0 aliphatic carbocycles. The average Bonchev–Trinajstić information content (AvgIpc) is 2.42. The minimum atomic E-state index is -0.515. The molecule has 4 nitrogen and oxygen atoms in total. The summed E-state index contributed by atoms with van der Waals surface area (Å²) in [4.78, 5) is 24.9. The molecule has 0 spiro atoms. The first-order valence-corrected chi connectivity index (χ1v) is 6.72. The van der Waals surface area contributed by atoms with E-state index in [2.05, 4.69) is 11.8 Å². The molecule has 1 aromatic carbocycles. The fourth-order valence-electron chi connectivity index (χ4n) is 2.27. The van der Waals surface area contributed by atoms with E-state index in [0.717, 1.165) is 4.90 Å². The lowest BCUT2D eigenvalue weighted by atomic mass is 9.97. The van der Waals surface area contributed by atoms with Crippen molar-refractivity contribution in [1.82, 2.24) is 4.90 Å². The molecule has 1 saturated heterocycles. The van der Waals surface area contributed by atoms with Crippen LogP contribution in [0.3, 0.4) is 0 Å². The lowest BCUT2D eigenvalue weighted by molar-refractivity contribution is -0.150. The minimum absolute atomic E-state index is 0.0437. The van der Waals surface area contributed by atoms with Crippen LogP contribution in [0.5, 0.6) is 0 Å². The number of piperidine rings is 1. The quantitative estimate of drug-likeness (QED) is 0.662. The van der Waals surface area contributed by atoms with E-state index >= 15 is 0 Å². The van der Waals surface area contributed by atoms with Crippen LogP contribution in [0.4, 0.5) is 4.39 Å². The lowest BCUT2D eigenvalue weighted by Crippen LogP contribution is -2.42. The minimum Gasteiger partial charge on any atom is -0.384 e. The molecular weight excluding hydrogens is 273 g/mol. The van der Waals surface area contributed by atoms with Crippen molar-refractivity contribution in [2.45, 2.75) is 26.3 Å². The van der Waals surface area contributed by atoms with Gasteiger partial charge in [0.2, 0.25) is 11.8 Å². The number of carbonyl (C=O) groups is 2. The average molecular weight is 289 g/mol. The van der Waals surface area contributed by atoms with Crippen molar-refractivity contribution >= 4 is 11.8 Å². The van der Waals surface area contributed by atoms with Crippen LogP contribution >= 0.6 is 0 Å². The standard InChI is InChI=1S/C16H16FNO3/c1-11-7-15(20)18(16(21)8-11)10-13-5-4-12(3-2-6-19)9-14(13)17/h4-5,9,11,19H,6-8,10H2,1H3. The van der Waals surface area contributed by atoms with Gasteiger partial charge in [-0.15, -0.1) is 0 Å². The van der Waals surface area contributed by atoms with E-state index in [9.17, 15) is 14.0 Å². The SMILES string of the molecule is CC1CC(=O)N(Cc2ccc(C#CCO)cc2F)C(=O)C1. The zero-order valence-electron chi connectivity index (χ0n) is 11.7.